The fourth-order valence-electron chi connectivity index (χ4n) is 2.93. The van der Waals surface area contributed by atoms with Gasteiger partial charge in [-0.2, -0.15) is 13.2 Å². The highest BCUT2D eigenvalue weighted by molar-refractivity contribution is 6.05. The molecule has 1 amide bonds. The number of anilines is 1. The minimum absolute atomic E-state index is 0.0836. The van der Waals surface area contributed by atoms with E-state index in [1.54, 1.807) is 22.7 Å². The molecule has 0 bridgehead atoms. The molecule has 0 aliphatic heterocycles. The van der Waals surface area contributed by atoms with E-state index >= 15 is 0 Å². The standard InChI is InChI=1S/C21H14F3N3O/c22-21(23,24)16-10-6-9-15(13-16)20(28)26-19-18(14-7-2-1-3-8-14)25-17-11-4-5-12-27(17)19/h1-13H,(H,26,28). The van der Waals surface area contributed by atoms with Gasteiger partial charge in [0.15, 0.2) is 0 Å². The van der Waals surface area contributed by atoms with Crippen LogP contribution < -0.4 is 5.32 Å². The molecule has 1 N–H and O–H groups in total. The van der Waals surface area contributed by atoms with Crippen LogP contribution in [0.3, 0.4) is 0 Å². The van der Waals surface area contributed by atoms with Crippen molar-refractivity contribution in [3.05, 3.63) is 90.1 Å². The Morgan fingerprint density at radius 3 is 2.43 bits per heavy atom. The first-order chi connectivity index (χ1) is 13.4. The zero-order chi connectivity index (χ0) is 19.7. The molecule has 0 saturated carbocycles. The maximum atomic E-state index is 13.0. The highest BCUT2D eigenvalue weighted by Gasteiger charge is 2.31. The number of imidazole rings is 1. The molecule has 0 saturated heterocycles. The Morgan fingerprint density at radius 1 is 0.929 bits per heavy atom. The molecule has 0 fully saturated rings. The fourth-order valence-corrected chi connectivity index (χ4v) is 2.93. The minimum atomic E-state index is -4.52. The molecule has 0 spiro atoms. The Kier molecular flexibility index (Phi) is 4.35. The number of nitrogens with one attached hydrogen (secondary N) is 1. The molecule has 4 aromatic rings. The van der Waals surface area contributed by atoms with Crippen LogP contribution in [0.1, 0.15) is 15.9 Å². The molecule has 2 aromatic heterocycles. The molecule has 4 nitrogen and oxygen atoms in total. The van der Waals surface area contributed by atoms with Gasteiger partial charge in [0.2, 0.25) is 0 Å². The van der Waals surface area contributed by atoms with Gasteiger partial charge in [-0.1, -0.05) is 42.5 Å². The smallest absolute Gasteiger partial charge is 0.306 e. The molecule has 2 aromatic carbocycles. The lowest BCUT2D eigenvalue weighted by Gasteiger charge is -2.10. The summed E-state index contributed by atoms with van der Waals surface area (Å²) >= 11 is 0. The molecule has 0 unspecified atom stereocenters. The number of benzene rings is 2. The van der Waals surface area contributed by atoms with Crippen molar-refractivity contribution in [2.24, 2.45) is 0 Å². The van der Waals surface area contributed by atoms with E-state index in [0.717, 1.165) is 17.7 Å². The average Bonchev–Trinajstić information content (AvgIpc) is 3.07. The first-order valence-electron chi connectivity index (χ1n) is 8.44. The summed E-state index contributed by atoms with van der Waals surface area (Å²) in [6, 6.07) is 19.0. The summed E-state index contributed by atoms with van der Waals surface area (Å²) in [6.45, 7) is 0. The molecule has 0 atom stereocenters. The molecule has 28 heavy (non-hydrogen) atoms. The van der Waals surface area contributed by atoms with E-state index in [1.165, 1.54) is 12.1 Å². The molecule has 0 aliphatic rings. The van der Waals surface area contributed by atoms with E-state index in [1.807, 2.05) is 36.4 Å². The number of halogens is 3. The van der Waals surface area contributed by atoms with Crippen molar-refractivity contribution in [2.75, 3.05) is 5.32 Å². The largest absolute Gasteiger partial charge is 0.416 e. The van der Waals surface area contributed by atoms with Crippen molar-refractivity contribution in [3.63, 3.8) is 0 Å². The van der Waals surface area contributed by atoms with Gasteiger partial charge in [0, 0.05) is 17.3 Å². The lowest BCUT2D eigenvalue weighted by atomic mass is 10.1. The molecule has 140 valence electrons. The Hall–Kier alpha value is -3.61. The van der Waals surface area contributed by atoms with Gasteiger partial charge in [0.25, 0.3) is 5.91 Å². The molecule has 0 aliphatic carbocycles. The second kappa shape index (κ2) is 6.84. The molecule has 7 heteroatoms. The van der Waals surface area contributed by atoms with E-state index in [0.29, 0.717) is 17.2 Å². The second-order valence-corrected chi connectivity index (χ2v) is 6.14. The van der Waals surface area contributed by atoms with Crippen molar-refractivity contribution in [3.8, 4) is 11.3 Å². The summed E-state index contributed by atoms with van der Waals surface area (Å²) in [5.41, 5.74) is 0.972. The van der Waals surface area contributed by atoms with Gasteiger partial charge in [0.1, 0.15) is 17.2 Å². The number of fused-ring (bicyclic) bond motifs is 1. The SMILES string of the molecule is O=C(Nc1c(-c2ccccc2)nc2ccccn12)c1cccc(C(F)(F)F)c1. The van der Waals surface area contributed by atoms with Crippen LogP contribution in [0.2, 0.25) is 0 Å². The third-order valence-electron chi connectivity index (χ3n) is 4.26. The van der Waals surface area contributed by atoms with Gasteiger partial charge in [-0.05, 0) is 30.3 Å². The highest BCUT2D eigenvalue weighted by atomic mass is 19.4. The Morgan fingerprint density at radius 2 is 1.68 bits per heavy atom. The number of aromatic nitrogens is 2. The van der Waals surface area contributed by atoms with Crippen LogP contribution in [-0.2, 0) is 6.18 Å². The van der Waals surface area contributed by atoms with Crippen molar-refractivity contribution in [1.29, 1.82) is 0 Å². The third kappa shape index (κ3) is 3.34. The molecular weight excluding hydrogens is 367 g/mol. The summed E-state index contributed by atoms with van der Waals surface area (Å²) in [7, 11) is 0. The van der Waals surface area contributed by atoms with Crippen molar-refractivity contribution in [2.45, 2.75) is 6.18 Å². The minimum Gasteiger partial charge on any atom is -0.306 e. The molecule has 0 radical (unpaired) electrons. The zero-order valence-corrected chi connectivity index (χ0v) is 14.4. The van der Waals surface area contributed by atoms with Gasteiger partial charge in [-0.25, -0.2) is 4.98 Å². The quantitative estimate of drug-likeness (QED) is 0.525. The number of pyridine rings is 1. The highest BCUT2D eigenvalue weighted by Crippen LogP contribution is 2.31. The maximum Gasteiger partial charge on any atom is 0.416 e. The van der Waals surface area contributed by atoms with Crippen LogP contribution in [0.15, 0.2) is 79.0 Å². The van der Waals surface area contributed by atoms with Crippen LogP contribution in [0, 0.1) is 0 Å². The van der Waals surface area contributed by atoms with Gasteiger partial charge >= 0.3 is 6.18 Å². The molecule has 2 heterocycles. The molecule has 4 rings (SSSR count). The van der Waals surface area contributed by atoms with Crippen molar-refractivity contribution < 1.29 is 18.0 Å². The lowest BCUT2D eigenvalue weighted by molar-refractivity contribution is -0.137. The predicted molar refractivity (Wildman–Crippen MR) is 100 cm³/mol. The topological polar surface area (TPSA) is 46.4 Å². The number of carbonyl (C=O) groups excluding carboxylic acids is 1. The van der Waals surface area contributed by atoms with Crippen LogP contribution in [0.4, 0.5) is 19.0 Å². The fraction of sp³-hybridized carbons (Fsp3) is 0.0476. The van der Waals surface area contributed by atoms with Crippen molar-refractivity contribution >= 4 is 17.4 Å². The number of hydrogen-bond donors (Lipinski definition) is 1. The monoisotopic (exact) mass is 381 g/mol. The van der Waals surface area contributed by atoms with Crippen molar-refractivity contribution in [1.82, 2.24) is 9.38 Å². The van der Waals surface area contributed by atoms with E-state index < -0.39 is 17.6 Å². The number of amides is 1. The van der Waals surface area contributed by atoms with Crippen LogP contribution in [-0.4, -0.2) is 15.3 Å². The third-order valence-corrected chi connectivity index (χ3v) is 4.26. The zero-order valence-electron chi connectivity index (χ0n) is 14.4. The number of carbonyl (C=O) groups is 1. The first-order valence-corrected chi connectivity index (χ1v) is 8.44. The van der Waals surface area contributed by atoms with Gasteiger partial charge in [0.05, 0.1) is 5.56 Å². The Balaban J connectivity index is 1.77. The number of alkyl halides is 3. The summed E-state index contributed by atoms with van der Waals surface area (Å²) in [4.78, 5) is 17.3. The predicted octanol–water partition coefficient (Wildman–Crippen LogP) is 5.27. The van der Waals surface area contributed by atoms with Crippen LogP contribution >= 0.6 is 0 Å². The summed E-state index contributed by atoms with van der Waals surface area (Å²) < 4.78 is 40.6. The maximum absolute atomic E-state index is 13.0. The van der Waals surface area contributed by atoms with Gasteiger partial charge < -0.3 is 5.32 Å². The van der Waals surface area contributed by atoms with Crippen LogP contribution in [0.25, 0.3) is 16.9 Å². The number of rotatable bonds is 3. The number of nitrogens with zero attached hydrogens (tertiary/aromatic N) is 2. The number of hydrogen-bond acceptors (Lipinski definition) is 2. The van der Waals surface area contributed by atoms with E-state index in [2.05, 4.69) is 10.3 Å². The summed E-state index contributed by atoms with van der Waals surface area (Å²) in [5.74, 6) is -0.252. The van der Waals surface area contributed by atoms with E-state index in [4.69, 9.17) is 0 Å². The summed E-state index contributed by atoms with van der Waals surface area (Å²) in [5, 5.41) is 2.72. The Bertz CT molecular complexity index is 1150. The summed E-state index contributed by atoms with van der Waals surface area (Å²) in [6.07, 6.45) is -2.79. The Labute approximate surface area is 158 Å². The van der Waals surface area contributed by atoms with E-state index in [9.17, 15) is 18.0 Å². The normalized spacial score (nSPS) is 11.5. The van der Waals surface area contributed by atoms with Crippen LogP contribution in [0.5, 0.6) is 0 Å². The average molecular weight is 381 g/mol. The lowest BCUT2D eigenvalue weighted by Crippen LogP contribution is -2.15. The van der Waals surface area contributed by atoms with Gasteiger partial charge in [-0.15, -0.1) is 0 Å². The van der Waals surface area contributed by atoms with Gasteiger partial charge in [-0.3, -0.25) is 9.20 Å². The van der Waals surface area contributed by atoms with E-state index in [-0.39, 0.29) is 5.56 Å². The first kappa shape index (κ1) is 17.8. The second-order valence-electron chi connectivity index (χ2n) is 6.14. The molecular formula is C21H14F3N3O.